The van der Waals surface area contributed by atoms with Gasteiger partial charge in [0.25, 0.3) is 10.2 Å². The van der Waals surface area contributed by atoms with Gasteiger partial charge in [-0.3, -0.25) is 4.90 Å². The molecule has 3 aliphatic heterocycles. The molecule has 0 saturated carbocycles. The molecule has 7 heteroatoms. The van der Waals surface area contributed by atoms with Crippen molar-refractivity contribution in [2.75, 3.05) is 52.4 Å². The second-order valence-corrected chi connectivity index (χ2v) is 8.34. The quantitative estimate of drug-likeness (QED) is 0.802. The zero-order valence-electron chi connectivity index (χ0n) is 12.8. The molecule has 0 aromatic rings. The van der Waals surface area contributed by atoms with E-state index in [1.54, 1.807) is 8.61 Å². The van der Waals surface area contributed by atoms with Crippen LogP contribution in [0.1, 0.15) is 32.1 Å². The van der Waals surface area contributed by atoms with Gasteiger partial charge < -0.3 is 5.32 Å². The third-order valence-electron chi connectivity index (χ3n) is 5.01. The average Bonchev–Trinajstić information content (AvgIpc) is 2.84. The van der Waals surface area contributed by atoms with Crippen molar-refractivity contribution in [1.29, 1.82) is 0 Å². The first kappa shape index (κ1) is 15.7. The molecule has 122 valence electrons. The lowest BCUT2D eigenvalue weighted by Crippen LogP contribution is -2.50. The van der Waals surface area contributed by atoms with E-state index in [0.717, 1.165) is 58.3 Å². The Morgan fingerprint density at radius 1 is 0.810 bits per heavy atom. The molecule has 3 aliphatic rings. The zero-order chi connectivity index (χ0) is 14.7. The van der Waals surface area contributed by atoms with Crippen molar-refractivity contribution in [1.82, 2.24) is 18.8 Å². The Morgan fingerprint density at radius 2 is 1.48 bits per heavy atom. The molecule has 0 radical (unpaired) electrons. The van der Waals surface area contributed by atoms with Crippen LogP contribution in [0, 0.1) is 0 Å². The first-order chi connectivity index (χ1) is 10.2. The summed E-state index contributed by atoms with van der Waals surface area (Å²) < 4.78 is 29.0. The number of nitrogens with zero attached hydrogens (tertiary/aromatic N) is 3. The highest BCUT2D eigenvalue weighted by molar-refractivity contribution is 7.86. The van der Waals surface area contributed by atoms with Gasteiger partial charge in [-0.15, -0.1) is 0 Å². The van der Waals surface area contributed by atoms with Gasteiger partial charge in [0.15, 0.2) is 0 Å². The Labute approximate surface area is 128 Å². The maximum atomic E-state index is 12.8. The van der Waals surface area contributed by atoms with Gasteiger partial charge in [-0.1, -0.05) is 12.8 Å². The van der Waals surface area contributed by atoms with Crippen molar-refractivity contribution in [3.05, 3.63) is 0 Å². The number of nitrogens with one attached hydrogen (secondary N) is 1. The summed E-state index contributed by atoms with van der Waals surface area (Å²) >= 11 is 0. The van der Waals surface area contributed by atoms with Crippen LogP contribution in [0.25, 0.3) is 0 Å². The fourth-order valence-corrected chi connectivity index (χ4v) is 5.44. The smallest absolute Gasteiger partial charge is 0.282 e. The lowest BCUT2D eigenvalue weighted by Gasteiger charge is -2.33. The summed E-state index contributed by atoms with van der Waals surface area (Å²) in [4.78, 5) is 2.45. The van der Waals surface area contributed by atoms with E-state index in [1.165, 1.54) is 0 Å². The minimum atomic E-state index is -3.23. The van der Waals surface area contributed by atoms with E-state index >= 15 is 0 Å². The number of piperazine rings is 1. The molecule has 21 heavy (non-hydrogen) atoms. The van der Waals surface area contributed by atoms with Gasteiger partial charge in [-0.05, 0) is 19.3 Å². The normalized spacial score (nSPS) is 31.3. The third-order valence-corrected chi connectivity index (χ3v) is 7.01. The molecular weight excluding hydrogens is 288 g/mol. The predicted octanol–water partition coefficient (Wildman–Crippen LogP) is 0.0867. The summed E-state index contributed by atoms with van der Waals surface area (Å²) in [7, 11) is -3.23. The van der Waals surface area contributed by atoms with Crippen molar-refractivity contribution >= 4 is 10.2 Å². The molecule has 0 bridgehead atoms. The molecule has 3 heterocycles. The van der Waals surface area contributed by atoms with E-state index in [-0.39, 0.29) is 0 Å². The summed E-state index contributed by atoms with van der Waals surface area (Å²) in [6, 6.07) is 0.411. The predicted molar refractivity (Wildman–Crippen MR) is 83.4 cm³/mol. The highest BCUT2D eigenvalue weighted by Gasteiger charge is 2.37. The minimum Gasteiger partial charge on any atom is -0.314 e. The summed E-state index contributed by atoms with van der Waals surface area (Å²) in [5, 5.41) is 3.36. The molecule has 1 atom stereocenters. The Morgan fingerprint density at radius 3 is 2.14 bits per heavy atom. The Bertz CT molecular complexity index is 428. The Kier molecular flexibility index (Phi) is 5.16. The monoisotopic (exact) mass is 316 g/mol. The van der Waals surface area contributed by atoms with Crippen LogP contribution < -0.4 is 5.32 Å². The van der Waals surface area contributed by atoms with Crippen LogP contribution in [-0.2, 0) is 10.2 Å². The second kappa shape index (κ2) is 6.91. The standard InChI is InChI=1S/C14H28N4O2S/c19-21(20,17-8-3-1-2-4-9-17)18-10-5-14(13-18)16-11-6-15-7-12-16/h14-15H,1-13H2. The highest BCUT2D eigenvalue weighted by atomic mass is 32.2. The molecular formula is C14H28N4O2S. The van der Waals surface area contributed by atoms with Crippen LogP contribution >= 0.6 is 0 Å². The lowest BCUT2D eigenvalue weighted by atomic mass is 10.2. The molecule has 3 rings (SSSR count). The van der Waals surface area contributed by atoms with Crippen LogP contribution in [-0.4, -0.2) is 80.3 Å². The Balaban J connectivity index is 1.61. The molecule has 6 nitrogen and oxygen atoms in total. The van der Waals surface area contributed by atoms with Crippen LogP contribution in [0.15, 0.2) is 0 Å². The van der Waals surface area contributed by atoms with Gasteiger partial charge in [-0.25, -0.2) is 0 Å². The minimum absolute atomic E-state index is 0.411. The van der Waals surface area contributed by atoms with Crippen molar-refractivity contribution in [3.8, 4) is 0 Å². The van der Waals surface area contributed by atoms with Crippen LogP contribution in [0.4, 0.5) is 0 Å². The van der Waals surface area contributed by atoms with Crippen molar-refractivity contribution in [2.45, 2.75) is 38.1 Å². The third kappa shape index (κ3) is 3.59. The Hall–Kier alpha value is -0.210. The molecule has 0 amide bonds. The van der Waals surface area contributed by atoms with E-state index in [0.29, 0.717) is 32.2 Å². The van der Waals surface area contributed by atoms with E-state index in [9.17, 15) is 8.42 Å². The largest absolute Gasteiger partial charge is 0.314 e. The molecule has 0 aliphatic carbocycles. The first-order valence-electron chi connectivity index (χ1n) is 8.38. The van der Waals surface area contributed by atoms with Gasteiger partial charge in [0, 0.05) is 58.4 Å². The average molecular weight is 316 g/mol. The molecule has 0 spiro atoms. The molecule has 3 fully saturated rings. The fourth-order valence-electron chi connectivity index (χ4n) is 3.70. The highest BCUT2D eigenvalue weighted by Crippen LogP contribution is 2.23. The van der Waals surface area contributed by atoms with E-state index in [4.69, 9.17) is 0 Å². The second-order valence-electron chi connectivity index (χ2n) is 6.41. The van der Waals surface area contributed by atoms with Crippen molar-refractivity contribution in [2.24, 2.45) is 0 Å². The van der Waals surface area contributed by atoms with Gasteiger partial charge in [-0.2, -0.15) is 17.0 Å². The van der Waals surface area contributed by atoms with Gasteiger partial charge in [0.1, 0.15) is 0 Å². The van der Waals surface area contributed by atoms with Crippen LogP contribution in [0.2, 0.25) is 0 Å². The number of rotatable bonds is 3. The zero-order valence-corrected chi connectivity index (χ0v) is 13.7. The maximum Gasteiger partial charge on any atom is 0.282 e. The molecule has 1 N–H and O–H groups in total. The van der Waals surface area contributed by atoms with E-state index in [2.05, 4.69) is 10.2 Å². The van der Waals surface area contributed by atoms with Crippen molar-refractivity contribution in [3.63, 3.8) is 0 Å². The number of hydrogen-bond acceptors (Lipinski definition) is 4. The maximum absolute atomic E-state index is 12.8. The van der Waals surface area contributed by atoms with Crippen LogP contribution in [0.3, 0.4) is 0 Å². The molecule has 0 aromatic carbocycles. The van der Waals surface area contributed by atoms with Gasteiger partial charge in [0.2, 0.25) is 0 Å². The molecule has 1 unspecified atom stereocenters. The van der Waals surface area contributed by atoms with E-state index in [1.807, 2.05) is 0 Å². The summed E-state index contributed by atoms with van der Waals surface area (Å²) in [5.41, 5.74) is 0. The van der Waals surface area contributed by atoms with Crippen LogP contribution in [0.5, 0.6) is 0 Å². The summed E-state index contributed by atoms with van der Waals surface area (Å²) in [6.45, 7) is 6.91. The SMILES string of the molecule is O=S(=O)(N1CCCCCC1)N1CCC(N2CCNCC2)C1. The summed E-state index contributed by atoms with van der Waals surface area (Å²) in [6.07, 6.45) is 5.32. The topological polar surface area (TPSA) is 55.9 Å². The van der Waals surface area contributed by atoms with Gasteiger partial charge >= 0.3 is 0 Å². The molecule has 0 aromatic heterocycles. The summed E-state index contributed by atoms with van der Waals surface area (Å²) in [5.74, 6) is 0. The fraction of sp³-hybridized carbons (Fsp3) is 1.00. The van der Waals surface area contributed by atoms with E-state index < -0.39 is 10.2 Å². The van der Waals surface area contributed by atoms with Crippen molar-refractivity contribution < 1.29 is 8.42 Å². The first-order valence-corrected chi connectivity index (χ1v) is 9.77. The lowest BCUT2D eigenvalue weighted by molar-refractivity contribution is 0.179. The molecule has 3 saturated heterocycles. The van der Waals surface area contributed by atoms with Gasteiger partial charge in [0.05, 0.1) is 0 Å². The number of hydrogen-bond donors (Lipinski definition) is 1.